The third kappa shape index (κ3) is 12.1. The van der Waals surface area contributed by atoms with Crippen LogP contribution in [0.1, 0.15) is 95.2 Å². The molecule has 3 N–H and O–H groups in total. The number of sulfonamides is 2. The molecule has 4 rings (SSSR count). The molecule has 0 aliphatic rings. The third-order valence-corrected chi connectivity index (χ3v) is 12.0. The number of carbonyl (C=O) groups is 2. The molecule has 0 spiro atoms. The van der Waals surface area contributed by atoms with E-state index < -0.39 is 38.3 Å². The Morgan fingerprint density at radius 1 is 0.667 bits per heavy atom. The molecule has 0 unspecified atom stereocenters. The normalized spacial score (nSPS) is 11.9. The first-order valence-electron chi connectivity index (χ1n) is 17.4. The standard InChI is InChI=1S/C37H46Cl2N4O6S2/c1-2-3-4-5-6-7-8-9-10-11-12-15-23-40-50(46,47)29-18-21-32(39)34(26-29)42-51(48,49)30-19-20-31(38)33(25-30)41-36(44)27-37(45)43-24-22-28-16-13-14-17-35(28)43/h13-14,16-22,24-26,40,42H,2-12,15,23,27H2,1H3,(H,41,44). The fourth-order valence-electron chi connectivity index (χ4n) is 5.69. The van der Waals surface area contributed by atoms with Crippen LogP contribution in [0, 0.1) is 0 Å². The van der Waals surface area contributed by atoms with Crippen molar-refractivity contribution in [2.75, 3.05) is 16.6 Å². The number of aromatic nitrogens is 1. The summed E-state index contributed by atoms with van der Waals surface area (Å²) >= 11 is 12.5. The summed E-state index contributed by atoms with van der Waals surface area (Å²) in [6.07, 6.45) is 15.1. The van der Waals surface area contributed by atoms with E-state index in [1.807, 2.05) is 12.1 Å². The van der Waals surface area contributed by atoms with E-state index >= 15 is 0 Å². The molecule has 1 amide bonds. The number of carbonyl (C=O) groups excluding carboxylic acids is 2. The summed E-state index contributed by atoms with van der Waals surface area (Å²) in [5.41, 5.74) is 0.479. The van der Waals surface area contributed by atoms with Crippen molar-refractivity contribution in [2.24, 2.45) is 0 Å². The maximum atomic E-state index is 13.4. The first-order chi connectivity index (χ1) is 24.4. The number of nitrogens with zero attached hydrogens (tertiary/aromatic N) is 1. The van der Waals surface area contributed by atoms with E-state index in [9.17, 15) is 26.4 Å². The lowest BCUT2D eigenvalue weighted by Gasteiger charge is -2.14. The Hall–Kier alpha value is -3.42. The summed E-state index contributed by atoms with van der Waals surface area (Å²) < 4.78 is 59.1. The monoisotopic (exact) mass is 776 g/mol. The van der Waals surface area contributed by atoms with Gasteiger partial charge >= 0.3 is 0 Å². The van der Waals surface area contributed by atoms with Crippen LogP contribution in [-0.2, 0) is 24.8 Å². The lowest BCUT2D eigenvalue weighted by Crippen LogP contribution is -2.25. The van der Waals surface area contributed by atoms with Crippen molar-refractivity contribution >= 4 is 77.3 Å². The van der Waals surface area contributed by atoms with Crippen LogP contribution < -0.4 is 14.8 Å². The average molecular weight is 778 g/mol. The van der Waals surface area contributed by atoms with Crippen LogP contribution in [0.15, 0.2) is 82.7 Å². The molecule has 0 bridgehead atoms. The topological polar surface area (TPSA) is 143 Å². The van der Waals surface area contributed by atoms with Gasteiger partial charge in [-0.25, -0.2) is 21.6 Å². The van der Waals surface area contributed by atoms with E-state index in [-0.39, 0.29) is 37.8 Å². The highest BCUT2D eigenvalue weighted by Crippen LogP contribution is 2.30. The van der Waals surface area contributed by atoms with Gasteiger partial charge in [0.25, 0.3) is 10.0 Å². The van der Waals surface area contributed by atoms with Crippen LogP contribution in [-0.4, -0.2) is 39.8 Å². The number of rotatable bonds is 21. The van der Waals surface area contributed by atoms with Crippen LogP contribution >= 0.6 is 23.2 Å². The predicted molar refractivity (Wildman–Crippen MR) is 206 cm³/mol. The number of unbranched alkanes of at least 4 members (excludes halogenated alkanes) is 11. The van der Waals surface area contributed by atoms with Gasteiger partial charge < -0.3 is 5.32 Å². The van der Waals surface area contributed by atoms with E-state index in [4.69, 9.17) is 23.2 Å². The number of hydrogen-bond donors (Lipinski definition) is 3. The van der Waals surface area contributed by atoms with Gasteiger partial charge in [0.05, 0.1) is 36.7 Å². The highest BCUT2D eigenvalue weighted by atomic mass is 35.5. The molecule has 0 aliphatic carbocycles. The molecule has 0 atom stereocenters. The van der Waals surface area contributed by atoms with Gasteiger partial charge in [-0.15, -0.1) is 0 Å². The van der Waals surface area contributed by atoms with Gasteiger partial charge in [0.1, 0.15) is 6.42 Å². The third-order valence-electron chi connectivity index (χ3n) is 8.52. The Labute approximate surface area is 311 Å². The van der Waals surface area contributed by atoms with Crippen molar-refractivity contribution in [3.8, 4) is 0 Å². The second-order valence-corrected chi connectivity index (χ2v) is 16.8. The Morgan fingerprint density at radius 3 is 1.86 bits per heavy atom. The van der Waals surface area contributed by atoms with Gasteiger partial charge in [0.15, 0.2) is 0 Å². The number of halogens is 2. The SMILES string of the molecule is CCCCCCCCCCCCCCNS(=O)(=O)c1ccc(Cl)c(NS(=O)(=O)c2ccc(Cl)c(NC(=O)CC(=O)n3ccc4ccccc43)c2)c1. The predicted octanol–water partition coefficient (Wildman–Crippen LogP) is 9.40. The van der Waals surface area contributed by atoms with E-state index in [1.165, 1.54) is 80.2 Å². The Kier molecular flexibility index (Phi) is 15.4. The maximum absolute atomic E-state index is 13.4. The quantitative estimate of drug-likeness (QED) is 0.0568. The summed E-state index contributed by atoms with van der Waals surface area (Å²) in [7, 11) is -8.26. The Bertz CT molecular complexity index is 2020. The Balaban J connectivity index is 1.29. The van der Waals surface area contributed by atoms with Crippen LogP contribution in [0.4, 0.5) is 11.4 Å². The molecular formula is C37H46Cl2N4O6S2. The zero-order chi connectivity index (χ0) is 36.9. The Morgan fingerprint density at radius 2 is 1.22 bits per heavy atom. The molecule has 0 aliphatic heterocycles. The molecule has 0 saturated heterocycles. The fraction of sp³-hybridized carbons (Fsp3) is 0.405. The van der Waals surface area contributed by atoms with Gasteiger partial charge in [-0.2, -0.15) is 0 Å². The highest BCUT2D eigenvalue weighted by Gasteiger charge is 2.22. The summed E-state index contributed by atoms with van der Waals surface area (Å²) in [4.78, 5) is 25.2. The molecule has 14 heteroatoms. The van der Waals surface area contributed by atoms with E-state index in [1.54, 1.807) is 24.4 Å². The summed E-state index contributed by atoms with van der Waals surface area (Å²) in [6.45, 7) is 2.48. The van der Waals surface area contributed by atoms with Crippen molar-refractivity contribution in [1.29, 1.82) is 0 Å². The molecule has 10 nitrogen and oxygen atoms in total. The number of hydrogen-bond acceptors (Lipinski definition) is 6. The zero-order valence-corrected chi connectivity index (χ0v) is 31.9. The molecule has 4 aromatic rings. The lowest BCUT2D eigenvalue weighted by molar-refractivity contribution is -0.115. The molecule has 3 aromatic carbocycles. The number of fused-ring (bicyclic) bond motifs is 1. The fourth-order valence-corrected chi connectivity index (χ4v) is 8.28. The van der Waals surface area contributed by atoms with E-state index in [0.29, 0.717) is 11.9 Å². The van der Waals surface area contributed by atoms with Crippen molar-refractivity contribution in [1.82, 2.24) is 9.29 Å². The van der Waals surface area contributed by atoms with Crippen LogP contribution in [0.2, 0.25) is 10.0 Å². The number of anilines is 2. The summed E-state index contributed by atoms with van der Waals surface area (Å²) in [6, 6.07) is 16.4. The highest BCUT2D eigenvalue weighted by molar-refractivity contribution is 7.92. The minimum Gasteiger partial charge on any atom is -0.324 e. The number of para-hydroxylation sites is 1. The average Bonchev–Trinajstić information content (AvgIpc) is 3.53. The molecule has 0 fully saturated rings. The van der Waals surface area contributed by atoms with Gasteiger partial charge in [-0.1, -0.05) is 119 Å². The van der Waals surface area contributed by atoms with Crippen LogP contribution in [0.3, 0.4) is 0 Å². The summed E-state index contributed by atoms with van der Waals surface area (Å²) in [5, 5.41) is 3.38. The maximum Gasteiger partial charge on any atom is 0.262 e. The largest absolute Gasteiger partial charge is 0.324 e. The van der Waals surface area contributed by atoms with Crippen molar-refractivity contribution in [2.45, 2.75) is 100 Å². The van der Waals surface area contributed by atoms with E-state index in [0.717, 1.165) is 36.8 Å². The number of amides is 1. The molecule has 1 aromatic heterocycles. The molecule has 0 radical (unpaired) electrons. The number of benzene rings is 3. The molecular weight excluding hydrogens is 731 g/mol. The van der Waals surface area contributed by atoms with Gasteiger partial charge in [0, 0.05) is 18.1 Å². The smallest absolute Gasteiger partial charge is 0.262 e. The van der Waals surface area contributed by atoms with Crippen LogP contribution in [0.25, 0.3) is 10.9 Å². The lowest BCUT2D eigenvalue weighted by atomic mass is 10.1. The van der Waals surface area contributed by atoms with Gasteiger partial charge in [-0.3, -0.25) is 18.9 Å². The van der Waals surface area contributed by atoms with Crippen molar-refractivity contribution in [3.63, 3.8) is 0 Å². The van der Waals surface area contributed by atoms with E-state index in [2.05, 4.69) is 21.7 Å². The molecule has 0 saturated carbocycles. The molecule has 1 heterocycles. The first kappa shape index (κ1) is 40.4. The van der Waals surface area contributed by atoms with Crippen LogP contribution in [0.5, 0.6) is 0 Å². The molecule has 51 heavy (non-hydrogen) atoms. The zero-order valence-electron chi connectivity index (χ0n) is 28.8. The second kappa shape index (κ2) is 19.4. The minimum atomic E-state index is -4.33. The minimum absolute atomic E-state index is 0.0166. The van der Waals surface area contributed by atoms with Crippen molar-refractivity contribution in [3.05, 3.63) is 83.0 Å². The van der Waals surface area contributed by atoms with Gasteiger partial charge in [0.2, 0.25) is 21.8 Å². The second-order valence-electron chi connectivity index (χ2n) is 12.5. The first-order valence-corrected chi connectivity index (χ1v) is 21.1. The van der Waals surface area contributed by atoms with Gasteiger partial charge in [-0.05, 0) is 55.0 Å². The van der Waals surface area contributed by atoms with Crippen molar-refractivity contribution < 1.29 is 26.4 Å². The molecule has 276 valence electrons. The number of nitrogens with one attached hydrogen (secondary N) is 3. The summed E-state index contributed by atoms with van der Waals surface area (Å²) in [5.74, 6) is -1.18.